The third kappa shape index (κ3) is 7.23. The molecule has 0 spiro atoms. The summed E-state index contributed by atoms with van der Waals surface area (Å²) in [6.07, 6.45) is 3.80. The molecule has 0 aliphatic carbocycles. The van der Waals surface area contributed by atoms with Crippen molar-refractivity contribution in [1.29, 1.82) is 0 Å². The number of nitrogens with zero attached hydrogens (tertiary/aromatic N) is 2. The number of unbranched alkanes of at least 4 members (excludes halogenated alkanes) is 2. The number of quaternary nitrogens is 1. The predicted molar refractivity (Wildman–Crippen MR) is 160 cm³/mol. The molecule has 1 aromatic heterocycles. The first kappa shape index (κ1) is 32.0. The Bertz CT molecular complexity index is 1470. The van der Waals surface area contributed by atoms with Crippen LogP contribution in [0.25, 0.3) is 11.1 Å². The first-order valence-electron chi connectivity index (χ1n) is 14.2. The summed E-state index contributed by atoms with van der Waals surface area (Å²) in [5, 5.41) is 3.83. The molecule has 0 fully saturated rings. The molecule has 3 rings (SSSR count). The second-order valence-corrected chi connectivity index (χ2v) is 12.7. The lowest BCUT2D eigenvalue weighted by Gasteiger charge is -2.40. The van der Waals surface area contributed by atoms with Gasteiger partial charge in [-0.1, -0.05) is 81.2 Å². The van der Waals surface area contributed by atoms with E-state index in [9.17, 15) is 18.0 Å². The van der Waals surface area contributed by atoms with Gasteiger partial charge in [0.25, 0.3) is 15.9 Å². The minimum Gasteiger partial charge on any atom is -0.364 e. The Morgan fingerprint density at radius 1 is 1.05 bits per heavy atom. The molecule has 2 amide bonds. The van der Waals surface area contributed by atoms with Crippen LogP contribution in [-0.4, -0.2) is 43.0 Å². The molecule has 0 bridgehead atoms. The maximum atomic E-state index is 13.6. The highest BCUT2D eigenvalue weighted by Gasteiger charge is 2.45. The smallest absolute Gasteiger partial charge is 0.314 e. The molecule has 10 heteroatoms. The number of rotatable bonds is 14. The number of nitrogens with two attached hydrogens (primary N) is 1. The molecule has 2 aromatic carbocycles. The minimum atomic E-state index is -3.97. The summed E-state index contributed by atoms with van der Waals surface area (Å²) in [4.78, 5) is 26.4. The number of nitrogens with one attached hydrogen (secondary N) is 1. The Morgan fingerprint density at radius 3 is 2.27 bits per heavy atom. The van der Waals surface area contributed by atoms with Gasteiger partial charge in [-0.2, -0.15) is 0 Å². The number of likely N-dealkylation sites (N-methyl/N-ethyl adjacent to an activating group) is 1. The molecule has 222 valence electrons. The number of benzene rings is 2. The van der Waals surface area contributed by atoms with Crippen LogP contribution in [-0.2, 0) is 26.2 Å². The molecular formula is C31H43N4O5S+. The highest BCUT2D eigenvalue weighted by Crippen LogP contribution is 2.31. The fourth-order valence-corrected chi connectivity index (χ4v) is 6.56. The lowest BCUT2D eigenvalue weighted by molar-refractivity contribution is -0.868. The van der Waals surface area contributed by atoms with E-state index in [1.807, 2.05) is 45.2 Å². The molecule has 0 saturated heterocycles. The number of aromatic nitrogens is 1. The molecule has 1 unspecified atom stereocenters. The summed E-state index contributed by atoms with van der Waals surface area (Å²) in [6, 6.07) is 13.5. The number of primary amides is 1. The van der Waals surface area contributed by atoms with Gasteiger partial charge >= 0.3 is 5.91 Å². The zero-order valence-electron chi connectivity index (χ0n) is 24.9. The maximum Gasteiger partial charge on any atom is 0.314 e. The second kappa shape index (κ2) is 13.4. The Labute approximate surface area is 243 Å². The van der Waals surface area contributed by atoms with Crippen LogP contribution in [0.1, 0.15) is 69.8 Å². The number of hydrogen-bond donors (Lipinski definition) is 2. The van der Waals surface area contributed by atoms with Gasteiger partial charge < -0.3 is 10.3 Å². The van der Waals surface area contributed by atoms with Crippen molar-refractivity contribution in [2.75, 3.05) is 11.8 Å². The first-order valence-corrected chi connectivity index (χ1v) is 15.7. The minimum absolute atomic E-state index is 0.00692. The molecule has 0 saturated carbocycles. The van der Waals surface area contributed by atoms with Crippen LogP contribution in [0.2, 0.25) is 0 Å². The zero-order valence-corrected chi connectivity index (χ0v) is 25.8. The Hall–Kier alpha value is -3.50. The fraction of sp³-hybridized carbons (Fsp3) is 0.452. The van der Waals surface area contributed by atoms with Crippen molar-refractivity contribution in [3.05, 3.63) is 65.4 Å². The van der Waals surface area contributed by atoms with E-state index >= 15 is 0 Å². The Balaban J connectivity index is 1.95. The number of anilines is 1. The van der Waals surface area contributed by atoms with Gasteiger partial charge in [-0.15, -0.1) is 0 Å². The van der Waals surface area contributed by atoms with Crippen LogP contribution in [0.4, 0.5) is 5.82 Å². The van der Waals surface area contributed by atoms with Crippen LogP contribution in [0.3, 0.4) is 0 Å². The number of sulfonamides is 1. The molecule has 0 aliphatic rings. The van der Waals surface area contributed by atoms with E-state index in [1.54, 1.807) is 38.1 Å². The van der Waals surface area contributed by atoms with Crippen molar-refractivity contribution in [2.24, 2.45) is 11.7 Å². The molecule has 0 radical (unpaired) electrons. The molecule has 3 N–H and O–H groups in total. The van der Waals surface area contributed by atoms with Gasteiger partial charge in [-0.25, -0.2) is 17.7 Å². The standard InChI is InChI=1S/C31H42N4O5S/c1-7-9-10-15-28(36)35(6,29(30(32)37)21(3)8-2)20-24-16-18-25(19-17-24)26-13-11-12-14-27(26)41(38,39)34-31-22(4)23(5)40-33-31/h11-14,16-19,21,29H,7-10,15,20H2,1-6H3,(H2-,32,33,34,37)/p+1/t21-,29-,35?/m0/s1. The predicted octanol–water partition coefficient (Wildman–Crippen LogP) is 5.71. The Kier molecular flexibility index (Phi) is 10.5. The number of carbonyl (C=O) groups is 2. The van der Waals surface area contributed by atoms with Crippen molar-refractivity contribution in [3.63, 3.8) is 0 Å². The highest BCUT2D eigenvalue weighted by atomic mass is 32.2. The number of hydrogen-bond acceptors (Lipinski definition) is 6. The number of carbonyl (C=O) groups excluding carboxylic acids is 2. The summed E-state index contributed by atoms with van der Waals surface area (Å²) in [6.45, 7) is 9.79. The van der Waals surface area contributed by atoms with Gasteiger partial charge in [0.15, 0.2) is 11.9 Å². The summed E-state index contributed by atoms with van der Waals surface area (Å²) in [7, 11) is -2.16. The van der Waals surface area contributed by atoms with E-state index in [1.165, 1.54) is 0 Å². The average molecular weight is 584 g/mol. The average Bonchev–Trinajstić information content (AvgIpc) is 3.24. The molecular weight excluding hydrogens is 540 g/mol. The van der Waals surface area contributed by atoms with E-state index in [-0.39, 0.29) is 27.0 Å². The summed E-state index contributed by atoms with van der Waals surface area (Å²) in [5.74, 6) is 0.124. The highest BCUT2D eigenvalue weighted by molar-refractivity contribution is 7.92. The Morgan fingerprint density at radius 2 is 1.71 bits per heavy atom. The van der Waals surface area contributed by atoms with Crippen LogP contribution < -0.4 is 10.5 Å². The molecule has 0 aliphatic heterocycles. The topological polar surface area (TPSA) is 132 Å². The molecule has 41 heavy (non-hydrogen) atoms. The summed E-state index contributed by atoms with van der Waals surface area (Å²) in [5.41, 5.74) is 8.57. The van der Waals surface area contributed by atoms with E-state index in [0.29, 0.717) is 35.4 Å². The van der Waals surface area contributed by atoms with E-state index in [0.717, 1.165) is 31.2 Å². The van der Waals surface area contributed by atoms with Gasteiger partial charge in [0.2, 0.25) is 0 Å². The van der Waals surface area contributed by atoms with Gasteiger partial charge in [0, 0.05) is 22.6 Å². The van der Waals surface area contributed by atoms with E-state index in [2.05, 4.69) is 16.8 Å². The SMILES string of the molecule is CCCCCC(=O)[N+](C)(Cc1ccc(-c2ccccc2S(=O)(=O)Nc2noc(C)c2C)cc1)[C@H](C(N)=O)[C@@H](C)CC. The quantitative estimate of drug-likeness (QED) is 0.184. The van der Waals surface area contributed by atoms with Crippen molar-refractivity contribution in [3.8, 4) is 11.1 Å². The third-order valence-corrected chi connectivity index (χ3v) is 9.39. The monoisotopic (exact) mass is 583 g/mol. The van der Waals surface area contributed by atoms with Gasteiger partial charge in [0.1, 0.15) is 12.3 Å². The van der Waals surface area contributed by atoms with E-state index in [4.69, 9.17) is 10.3 Å². The van der Waals surface area contributed by atoms with Crippen LogP contribution >= 0.6 is 0 Å². The molecule has 9 nitrogen and oxygen atoms in total. The fourth-order valence-electron chi connectivity index (χ4n) is 5.27. The molecule has 3 atom stereocenters. The van der Waals surface area contributed by atoms with Crippen LogP contribution in [0.15, 0.2) is 57.9 Å². The number of aryl methyl sites for hydroxylation is 1. The van der Waals surface area contributed by atoms with Gasteiger partial charge in [0.05, 0.1) is 18.4 Å². The first-order chi connectivity index (χ1) is 19.4. The zero-order chi connectivity index (χ0) is 30.4. The second-order valence-electron chi connectivity index (χ2n) is 11.0. The third-order valence-electron chi connectivity index (χ3n) is 7.99. The maximum absolute atomic E-state index is 13.6. The summed E-state index contributed by atoms with van der Waals surface area (Å²) >= 11 is 0. The van der Waals surface area contributed by atoms with Gasteiger partial charge in [-0.3, -0.25) is 9.52 Å². The van der Waals surface area contributed by atoms with E-state index < -0.39 is 22.0 Å². The summed E-state index contributed by atoms with van der Waals surface area (Å²) < 4.78 is 34.2. The largest absolute Gasteiger partial charge is 0.364 e. The van der Waals surface area contributed by atoms with Crippen molar-refractivity contribution in [2.45, 2.75) is 84.2 Å². The van der Waals surface area contributed by atoms with Crippen LogP contribution in [0, 0.1) is 19.8 Å². The van der Waals surface area contributed by atoms with Gasteiger partial charge in [-0.05, 0) is 38.3 Å². The number of amides is 2. The van der Waals surface area contributed by atoms with Crippen LogP contribution in [0.5, 0.6) is 0 Å². The lowest BCUT2D eigenvalue weighted by Crippen LogP contribution is -2.62. The molecule has 3 aromatic rings. The molecule has 1 heterocycles. The lowest BCUT2D eigenvalue weighted by atomic mass is 9.93. The normalized spacial score (nSPS) is 14.7. The van der Waals surface area contributed by atoms with Crippen molar-refractivity contribution < 1.29 is 27.0 Å². The van der Waals surface area contributed by atoms with Crippen molar-refractivity contribution in [1.82, 2.24) is 5.16 Å². The van der Waals surface area contributed by atoms with Crippen molar-refractivity contribution >= 4 is 27.7 Å².